The average molecular weight is 327 g/mol. The fraction of sp³-hybridized carbons (Fsp3) is 0.235. The van der Waals surface area contributed by atoms with Crippen molar-refractivity contribution in [3.8, 4) is 22.6 Å². The Morgan fingerprint density at radius 2 is 1.65 bits per heavy atom. The van der Waals surface area contributed by atoms with Crippen LogP contribution in [0.5, 0.6) is 0 Å². The van der Waals surface area contributed by atoms with E-state index in [1.54, 1.807) is 18.2 Å². The topological polar surface area (TPSA) is 67.9 Å². The zero-order valence-electron chi connectivity index (χ0n) is 12.3. The Morgan fingerprint density at radius 3 is 2.22 bits per heavy atom. The lowest BCUT2D eigenvalue weighted by molar-refractivity contribution is 0.0767. The van der Waals surface area contributed by atoms with E-state index >= 15 is 0 Å². The van der Waals surface area contributed by atoms with E-state index in [1.165, 1.54) is 28.4 Å². The van der Waals surface area contributed by atoms with Crippen molar-refractivity contribution in [2.75, 3.05) is 13.1 Å². The molecule has 0 aliphatic heterocycles. The van der Waals surface area contributed by atoms with Gasteiger partial charge in [-0.3, -0.25) is 4.79 Å². The molecule has 0 unspecified atom stereocenters. The van der Waals surface area contributed by atoms with Gasteiger partial charge in [-0.05, 0) is 29.8 Å². The minimum Gasteiger partial charge on any atom is -0.336 e. The Hall–Kier alpha value is -2.70. The van der Waals surface area contributed by atoms with Crippen molar-refractivity contribution < 1.29 is 9.18 Å². The van der Waals surface area contributed by atoms with E-state index in [2.05, 4.69) is 0 Å². The van der Waals surface area contributed by atoms with Gasteiger partial charge >= 0.3 is 0 Å². The van der Waals surface area contributed by atoms with E-state index < -0.39 is 0 Å². The van der Waals surface area contributed by atoms with Crippen LogP contribution in [0.3, 0.4) is 0 Å². The van der Waals surface area contributed by atoms with Gasteiger partial charge in [0, 0.05) is 18.0 Å². The largest absolute Gasteiger partial charge is 0.336 e. The summed E-state index contributed by atoms with van der Waals surface area (Å²) in [5, 5.41) is 17.4. The summed E-state index contributed by atoms with van der Waals surface area (Å²) in [6.07, 6.45) is 0.459. The van der Waals surface area contributed by atoms with Crippen LogP contribution in [-0.2, 0) is 0 Å². The first-order valence-electron chi connectivity index (χ1n) is 7.04. The Bertz CT molecular complexity index is 737. The van der Waals surface area contributed by atoms with Gasteiger partial charge in [0.2, 0.25) is 0 Å². The number of amides is 1. The number of nitrogens with zero attached hydrogens (tertiary/aromatic N) is 3. The van der Waals surface area contributed by atoms with Gasteiger partial charge in [-0.1, -0.05) is 12.1 Å². The summed E-state index contributed by atoms with van der Waals surface area (Å²) < 4.78 is 13.0. The number of hydrogen-bond donors (Lipinski definition) is 0. The minimum absolute atomic E-state index is 0.186. The maximum atomic E-state index is 13.0. The molecule has 4 nitrogen and oxygen atoms in total. The molecule has 1 aromatic heterocycles. The summed E-state index contributed by atoms with van der Waals surface area (Å²) in [6.45, 7) is 0.613. The predicted octanol–water partition coefficient (Wildman–Crippen LogP) is 3.82. The lowest BCUT2D eigenvalue weighted by Crippen LogP contribution is -2.32. The second-order valence-electron chi connectivity index (χ2n) is 4.78. The van der Waals surface area contributed by atoms with Crippen LogP contribution in [0, 0.1) is 28.5 Å². The van der Waals surface area contributed by atoms with Gasteiger partial charge in [-0.15, -0.1) is 11.3 Å². The Morgan fingerprint density at radius 1 is 1.04 bits per heavy atom. The molecule has 116 valence electrons. The quantitative estimate of drug-likeness (QED) is 0.810. The van der Waals surface area contributed by atoms with E-state index in [1.807, 2.05) is 18.2 Å². The van der Waals surface area contributed by atoms with Crippen LogP contribution in [0.25, 0.3) is 10.4 Å². The third-order valence-corrected chi connectivity index (χ3v) is 4.34. The van der Waals surface area contributed by atoms with Crippen LogP contribution in [-0.4, -0.2) is 23.9 Å². The van der Waals surface area contributed by atoms with E-state index in [0.717, 1.165) is 10.4 Å². The molecule has 0 spiro atoms. The molecule has 0 bridgehead atoms. The molecule has 0 radical (unpaired) electrons. The standard InChI is InChI=1S/C17H14FN3OS/c18-14-5-3-13(4-6-14)15-7-8-16(23-15)17(22)21(11-1-9-19)12-2-10-20/h3-8H,1-2,11-12H2. The number of benzene rings is 1. The molecule has 0 N–H and O–H groups in total. The molecule has 0 aliphatic rings. The molecule has 0 saturated carbocycles. The third kappa shape index (κ3) is 4.38. The summed E-state index contributed by atoms with van der Waals surface area (Å²) in [5.74, 6) is -0.491. The lowest BCUT2D eigenvalue weighted by Gasteiger charge is -2.19. The Labute approximate surface area is 138 Å². The number of thiophene rings is 1. The van der Waals surface area contributed by atoms with E-state index in [9.17, 15) is 9.18 Å². The summed E-state index contributed by atoms with van der Waals surface area (Å²) in [5.41, 5.74) is 0.844. The molecule has 1 heterocycles. The van der Waals surface area contributed by atoms with Gasteiger partial charge < -0.3 is 4.90 Å². The Balaban J connectivity index is 2.16. The summed E-state index contributed by atoms with van der Waals surface area (Å²) in [7, 11) is 0. The normalized spacial score (nSPS) is 9.87. The fourth-order valence-corrected chi connectivity index (χ4v) is 3.04. The van der Waals surface area contributed by atoms with Crippen LogP contribution < -0.4 is 0 Å². The van der Waals surface area contributed by atoms with Crippen molar-refractivity contribution in [2.24, 2.45) is 0 Å². The highest BCUT2D eigenvalue weighted by Crippen LogP contribution is 2.29. The highest BCUT2D eigenvalue weighted by Gasteiger charge is 2.17. The molecule has 1 aromatic carbocycles. The maximum Gasteiger partial charge on any atom is 0.264 e. The maximum absolute atomic E-state index is 13.0. The second kappa shape index (κ2) is 8.07. The number of halogens is 1. The first-order chi connectivity index (χ1) is 11.2. The monoisotopic (exact) mass is 327 g/mol. The van der Waals surface area contributed by atoms with Crippen LogP contribution in [0.4, 0.5) is 4.39 Å². The number of hydrogen-bond acceptors (Lipinski definition) is 4. The lowest BCUT2D eigenvalue weighted by atomic mass is 10.2. The van der Waals surface area contributed by atoms with E-state index in [0.29, 0.717) is 18.0 Å². The number of carbonyl (C=O) groups is 1. The zero-order chi connectivity index (χ0) is 16.7. The van der Waals surface area contributed by atoms with Gasteiger partial charge in [0.15, 0.2) is 0 Å². The van der Waals surface area contributed by atoms with Crippen LogP contribution >= 0.6 is 11.3 Å². The van der Waals surface area contributed by atoms with Gasteiger partial charge in [-0.2, -0.15) is 10.5 Å². The third-order valence-electron chi connectivity index (χ3n) is 3.22. The SMILES string of the molecule is N#CCCN(CCC#N)C(=O)c1ccc(-c2ccc(F)cc2)s1. The fourth-order valence-electron chi connectivity index (χ4n) is 2.06. The first kappa shape index (κ1) is 16.7. The summed E-state index contributed by atoms with van der Waals surface area (Å²) in [4.78, 5) is 15.4. The predicted molar refractivity (Wildman–Crippen MR) is 86.1 cm³/mol. The molecule has 23 heavy (non-hydrogen) atoms. The van der Waals surface area contributed by atoms with Crippen molar-refractivity contribution in [3.63, 3.8) is 0 Å². The highest BCUT2D eigenvalue weighted by atomic mass is 32.1. The van der Waals surface area contributed by atoms with Crippen LogP contribution in [0.15, 0.2) is 36.4 Å². The molecule has 2 rings (SSSR count). The number of carbonyl (C=O) groups excluding carboxylic acids is 1. The van der Waals surface area contributed by atoms with Crippen LogP contribution in [0.1, 0.15) is 22.5 Å². The molecule has 0 aliphatic carbocycles. The molecular weight excluding hydrogens is 313 g/mol. The van der Waals surface area contributed by atoms with Crippen molar-refractivity contribution >= 4 is 17.2 Å². The number of rotatable bonds is 6. The molecule has 1 amide bonds. The van der Waals surface area contributed by atoms with E-state index in [4.69, 9.17) is 10.5 Å². The average Bonchev–Trinajstić information content (AvgIpc) is 3.05. The second-order valence-corrected chi connectivity index (χ2v) is 5.86. The Kier molecular flexibility index (Phi) is 5.85. The minimum atomic E-state index is -0.305. The summed E-state index contributed by atoms with van der Waals surface area (Å²) >= 11 is 1.32. The molecule has 0 saturated heterocycles. The zero-order valence-corrected chi connectivity index (χ0v) is 13.1. The molecular formula is C17H14FN3OS. The molecule has 0 atom stereocenters. The molecule has 6 heteroatoms. The van der Waals surface area contributed by atoms with Gasteiger partial charge in [-0.25, -0.2) is 4.39 Å². The smallest absolute Gasteiger partial charge is 0.264 e. The van der Waals surface area contributed by atoms with Gasteiger partial charge in [0.25, 0.3) is 5.91 Å². The molecule has 0 fully saturated rings. The first-order valence-corrected chi connectivity index (χ1v) is 7.86. The van der Waals surface area contributed by atoms with Crippen molar-refractivity contribution in [1.82, 2.24) is 4.90 Å². The van der Waals surface area contributed by atoms with E-state index in [-0.39, 0.29) is 24.6 Å². The number of nitriles is 2. The molecule has 2 aromatic rings. The van der Waals surface area contributed by atoms with Gasteiger partial charge in [0.05, 0.1) is 29.9 Å². The van der Waals surface area contributed by atoms with Crippen molar-refractivity contribution in [1.29, 1.82) is 10.5 Å². The highest BCUT2D eigenvalue weighted by molar-refractivity contribution is 7.17. The van der Waals surface area contributed by atoms with Gasteiger partial charge in [0.1, 0.15) is 5.82 Å². The van der Waals surface area contributed by atoms with Crippen molar-refractivity contribution in [2.45, 2.75) is 12.8 Å². The van der Waals surface area contributed by atoms with Crippen molar-refractivity contribution in [3.05, 3.63) is 47.1 Å². The van der Waals surface area contributed by atoms with Crippen LogP contribution in [0.2, 0.25) is 0 Å². The summed E-state index contributed by atoms with van der Waals surface area (Å²) in [6, 6.07) is 13.6.